The van der Waals surface area contributed by atoms with Gasteiger partial charge in [0.2, 0.25) is 0 Å². The molecule has 0 amide bonds. The fourth-order valence-corrected chi connectivity index (χ4v) is 4.97. The number of hydrogen-bond acceptors (Lipinski definition) is 1. The molecule has 0 bridgehead atoms. The fourth-order valence-electron chi connectivity index (χ4n) is 2.45. The Hall–Kier alpha value is -0.640. The van der Waals surface area contributed by atoms with Crippen molar-refractivity contribution < 1.29 is 0 Å². The molecule has 0 saturated heterocycles. The molecule has 2 aromatic carbocycles. The molecule has 0 aliphatic carbocycles. The Morgan fingerprint density at radius 1 is 1.00 bits per heavy atom. The van der Waals surface area contributed by atoms with Gasteiger partial charge in [0.05, 0.1) is 0 Å². The molecular formula is C17H14Br2S. The van der Waals surface area contributed by atoms with Gasteiger partial charge >= 0.3 is 0 Å². The van der Waals surface area contributed by atoms with Crippen LogP contribution in [0.1, 0.15) is 28.8 Å². The maximum atomic E-state index is 3.90. The molecule has 1 aromatic heterocycles. The lowest BCUT2D eigenvalue weighted by Crippen LogP contribution is -2.01. The van der Waals surface area contributed by atoms with Gasteiger partial charge in [-0.2, -0.15) is 0 Å². The molecule has 0 aliphatic heterocycles. The molecular weight excluding hydrogens is 396 g/mol. The SMILES string of the molecule is CC(c1ccccc1)C(Br)c1csc2c(Br)cccc12. The van der Waals surface area contributed by atoms with E-state index in [1.54, 1.807) is 11.3 Å². The topological polar surface area (TPSA) is 0 Å². The molecule has 0 fully saturated rings. The van der Waals surface area contributed by atoms with Crippen LogP contribution in [-0.2, 0) is 0 Å². The lowest BCUT2D eigenvalue weighted by atomic mass is 9.93. The Morgan fingerprint density at radius 2 is 1.75 bits per heavy atom. The van der Waals surface area contributed by atoms with Crippen LogP contribution in [0.15, 0.2) is 58.4 Å². The Bertz CT molecular complexity index is 718. The first kappa shape index (κ1) is 14.3. The first-order chi connectivity index (χ1) is 9.68. The summed E-state index contributed by atoms with van der Waals surface area (Å²) in [5.74, 6) is 0.438. The van der Waals surface area contributed by atoms with E-state index in [9.17, 15) is 0 Å². The van der Waals surface area contributed by atoms with Gasteiger partial charge in [-0.15, -0.1) is 11.3 Å². The summed E-state index contributed by atoms with van der Waals surface area (Å²) in [4.78, 5) is 0.327. The summed E-state index contributed by atoms with van der Waals surface area (Å²) in [5.41, 5.74) is 2.74. The fraction of sp³-hybridized carbons (Fsp3) is 0.176. The van der Waals surface area contributed by atoms with Crippen LogP contribution in [0.2, 0.25) is 0 Å². The van der Waals surface area contributed by atoms with Crippen LogP contribution >= 0.6 is 43.2 Å². The highest BCUT2D eigenvalue weighted by molar-refractivity contribution is 9.10. The second-order valence-corrected chi connectivity index (χ2v) is 7.63. The minimum Gasteiger partial charge on any atom is -0.142 e. The maximum Gasteiger partial charge on any atom is 0.0488 e. The Balaban J connectivity index is 2.01. The minimum absolute atomic E-state index is 0.327. The molecule has 1 heterocycles. The Labute approximate surface area is 140 Å². The van der Waals surface area contributed by atoms with E-state index >= 15 is 0 Å². The van der Waals surface area contributed by atoms with Crippen molar-refractivity contribution in [1.29, 1.82) is 0 Å². The van der Waals surface area contributed by atoms with Crippen LogP contribution in [0.4, 0.5) is 0 Å². The number of hydrogen-bond donors (Lipinski definition) is 0. The number of thiophene rings is 1. The molecule has 0 aliphatic rings. The zero-order chi connectivity index (χ0) is 14.1. The van der Waals surface area contributed by atoms with E-state index in [1.807, 2.05) is 0 Å². The quantitative estimate of drug-likeness (QED) is 0.412. The van der Waals surface area contributed by atoms with Crippen molar-refractivity contribution in [1.82, 2.24) is 0 Å². The molecule has 2 unspecified atom stereocenters. The summed E-state index contributed by atoms with van der Waals surface area (Å²) in [6.45, 7) is 2.27. The van der Waals surface area contributed by atoms with Gasteiger partial charge in [0.15, 0.2) is 0 Å². The van der Waals surface area contributed by atoms with Crippen molar-refractivity contribution in [3.63, 3.8) is 0 Å². The number of benzene rings is 2. The molecule has 20 heavy (non-hydrogen) atoms. The lowest BCUT2D eigenvalue weighted by Gasteiger charge is -2.18. The predicted octanol–water partition coefficient (Wildman–Crippen LogP) is 6.90. The molecule has 3 aromatic rings. The summed E-state index contributed by atoms with van der Waals surface area (Å²) in [6, 6.07) is 17.1. The molecule has 3 heteroatoms. The van der Waals surface area contributed by atoms with Crippen molar-refractivity contribution in [2.45, 2.75) is 17.7 Å². The monoisotopic (exact) mass is 408 g/mol. The third-order valence-electron chi connectivity index (χ3n) is 3.64. The van der Waals surface area contributed by atoms with Gasteiger partial charge in [-0.05, 0) is 49.8 Å². The van der Waals surface area contributed by atoms with Crippen LogP contribution in [0.3, 0.4) is 0 Å². The largest absolute Gasteiger partial charge is 0.142 e. The van der Waals surface area contributed by atoms with Crippen LogP contribution < -0.4 is 0 Å². The van der Waals surface area contributed by atoms with E-state index in [0.29, 0.717) is 10.7 Å². The first-order valence-electron chi connectivity index (χ1n) is 6.53. The molecule has 0 N–H and O–H groups in total. The second kappa shape index (κ2) is 6.00. The summed E-state index contributed by atoms with van der Waals surface area (Å²) < 4.78 is 2.51. The third-order valence-corrected chi connectivity index (χ3v) is 6.90. The van der Waals surface area contributed by atoms with E-state index < -0.39 is 0 Å². The smallest absolute Gasteiger partial charge is 0.0488 e. The van der Waals surface area contributed by atoms with Gasteiger partial charge in [-0.3, -0.25) is 0 Å². The summed E-state index contributed by atoms with van der Waals surface area (Å²) in [5, 5.41) is 3.61. The van der Waals surface area contributed by atoms with E-state index in [1.165, 1.54) is 25.7 Å². The maximum absolute atomic E-state index is 3.90. The summed E-state index contributed by atoms with van der Waals surface area (Å²) in [7, 11) is 0. The number of rotatable bonds is 3. The van der Waals surface area contributed by atoms with E-state index in [2.05, 4.69) is 92.7 Å². The average molecular weight is 410 g/mol. The van der Waals surface area contributed by atoms with Gasteiger partial charge in [-0.25, -0.2) is 0 Å². The van der Waals surface area contributed by atoms with Crippen LogP contribution in [0, 0.1) is 0 Å². The standard InChI is InChI=1S/C17H14Br2S/c1-11(12-6-3-2-4-7-12)16(19)14-10-20-17-13(14)8-5-9-15(17)18/h2-11,16H,1H3. The number of fused-ring (bicyclic) bond motifs is 1. The summed E-state index contributed by atoms with van der Waals surface area (Å²) >= 11 is 9.35. The van der Waals surface area contributed by atoms with Crippen LogP contribution in [-0.4, -0.2) is 0 Å². The van der Waals surface area contributed by atoms with E-state index in [0.717, 1.165) is 0 Å². The molecule has 0 spiro atoms. The molecule has 3 rings (SSSR count). The Kier molecular flexibility index (Phi) is 4.29. The highest BCUT2D eigenvalue weighted by Gasteiger charge is 2.21. The minimum atomic E-state index is 0.327. The average Bonchev–Trinajstić information content (AvgIpc) is 2.92. The zero-order valence-electron chi connectivity index (χ0n) is 11.0. The van der Waals surface area contributed by atoms with Crippen molar-refractivity contribution in [3.8, 4) is 0 Å². The van der Waals surface area contributed by atoms with E-state index in [-0.39, 0.29) is 0 Å². The van der Waals surface area contributed by atoms with Crippen LogP contribution in [0.5, 0.6) is 0 Å². The molecule has 2 atom stereocenters. The number of halogens is 2. The van der Waals surface area contributed by atoms with Crippen molar-refractivity contribution in [2.75, 3.05) is 0 Å². The second-order valence-electron chi connectivity index (χ2n) is 4.91. The Morgan fingerprint density at radius 3 is 2.50 bits per heavy atom. The van der Waals surface area contributed by atoms with Gasteiger partial charge in [0, 0.05) is 14.0 Å². The van der Waals surface area contributed by atoms with Crippen LogP contribution in [0.25, 0.3) is 10.1 Å². The zero-order valence-corrected chi connectivity index (χ0v) is 15.0. The van der Waals surface area contributed by atoms with E-state index in [4.69, 9.17) is 0 Å². The van der Waals surface area contributed by atoms with Crippen molar-refractivity contribution in [3.05, 3.63) is 69.5 Å². The highest BCUT2D eigenvalue weighted by atomic mass is 79.9. The third kappa shape index (κ3) is 2.59. The molecule has 0 radical (unpaired) electrons. The van der Waals surface area contributed by atoms with Crippen molar-refractivity contribution >= 4 is 53.3 Å². The highest BCUT2D eigenvalue weighted by Crippen LogP contribution is 2.44. The summed E-state index contributed by atoms with van der Waals surface area (Å²) in [6.07, 6.45) is 0. The molecule has 0 saturated carbocycles. The molecule has 102 valence electrons. The van der Waals surface area contributed by atoms with Gasteiger partial charge in [0.25, 0.3) is 0 Å². The van der Waals surface area contributed by atoms with Gasteiger partial charge < -0.3 is 0 Å². The number of alkyl halides is 1. The molecule has 0 nitrogen and oxygen atoms in total. The van der Waals surface area contributed by atoms with Crippen molar-refractivity contribution in [2.24, 2.45) is 0 Å². The first-order valence-corrected chi connectivity index (χ1v) is 9.12. The predicted molar refractivity (Wildman–Crippen MR) is 96.1 cm³/mol. The normalized spacial score (nSPS) is 14.3. The van der Waals surface area contributed by atoms with Gasteiger partial charge in [0.1, 0.15) is 0 Å². The van der Waals surface area contributed by atoms with Gasteiger partial charge in [-0.1, -0.05) is 65.3 Å². The lowest BCUT2D eigenvalue weighted by molar-refractivity contribution is 0.757.